The van der Waals surface area contributed by atoms with E-state index in [-0.39, 0.29) is 0 Å². The van der Waals surface area contributed by atoms with Crippen LogP contribution in [0.1, 0.15) is 37.4 Å². The van der Waals surface area contributed by atoms with E-state index < -0.39 is 0 Å². The first kappa shape index (κ1) is 12.3. The molecule has 0 saturated carbocycles. The topological polar surface area (TPSA) is 12.0 Å². The lowest BCUT2D eigenvalue weighted by molar-refractivity contribution is 0.521. The first-order valence-electron chi connectivity index (χ1n) is 5.86. The molecular formula is C13H18ClNS. The molecule has 0 radical (unpaired) electrons. The summed E-state index contributed by atoms with van der Waals surface area (Å²) >= 11 is 8.23. The molecule has 1 heterocycles. The van der Waals surface area contributed by atoms with Gasteiger partial charge in [0.25, 0.3) is 0 Å². The van der Waals surface area contributed by atoms with E-state index in [1.807, 2.05) is 17.8 Å². The second-order valence-electron chi connectivity index (χ2n) is 4.26. The zero-order valence-electron chi connectivity index (χ0n) is 9.79. The second-order valence-corrected chi connectivity index (χ2v) is 6.03. The summed E-state index contributed by atoms with van der Waals surface area (Å²) in [6, 6.07) is 6.72. The molecule has 2 rings (SSSR count). The minimum absolute atomic E-state index is 0.451. The molecule has 3 heteroatoms. The number of thioether (sulfide) groups is 1. The van der Waals surface area contributed by atoms with E-state index in [2.05, 4.69) is 31.3 Å². The highest BCUT2D eigenvalue weighted by molar-refractivity contribution is 7.99. The first-order chi connectivity index (χ1) is 7.74. The van der Waals surface area contributed by atoms with Gasteiger partial charge in [-0.1, -0.05) is 37.6 Å². The molecule has 0 fully saturated rings. The van der Waals surface area contributed by atoms with Gasteiger partial charge < -0.3 is 5.32 Å². The van der Waals surface area contributed by atoms with Crippen LogP contribution in [0.15, 0.2) is 18.2 Å². The van der Waals surface area contributed by atoms with Crippen LogP contribution >= 0.6 is 23.4 Å². The van der Waals surface area contributed by atoms with E-state index in [9.17, 15) is 0 Å². The smallest absolute Gasteiger partial charge is 0.0449 e. The van der Waals surface area contributed by atoms with Crippen molar-refractivity contribution in [3.05, 3.63) is 34.3 Å². The summed E-state index contributed by atoms with van der Waals surface area (Å²) in [4.78, 5) is 0. The number of nitrogens with one attached hydrogen (secondary N) is 1. The average Bonchev–Trinajstić information content (AvgIpc) is 2.28. The lowest BCUT2D eigenvalue weighted by Gasteiger charge is -2.32. The van der Waals surface area contributed by atoms with Gasteiger partial charge in [-0.2, -0.15) is 11.8 Å². The fourth-order valence-electron chi connectivity index (χ4n) is 2.16. The molecule has 2 unspecified atom stereocenters. The maximum Gasteiger partial charge on any atom is 0.0449 e. The Labute approximate surface area is 107 Å². The van der Waals surface area contributed by atoms with Crippen molar-refractivity contribution in [2.45, 2.75) is 37.3 Å². The molecule has 1 aliphatic rings. The second kappa shape index (κ2) is 5.44. The predicted molar refractivity (Wildman–Crippen MR) is 73.2 cm³/mol. The zero-order chi connectivity index (χ0) is 11.5. The third-order valence-corrected chi connectivity index (χ3v) is 4.67. The molecule has 0 spiro atoms. The van der Waals surface area contributed by atoms with E-state index in [0.717, 1.165) is 17.3 Å². The Balaban J connectivity index is 2.29. The Bertz CT molecular complexity index is 367. The van der Waals surface area contributed by atoms with Crippen LogP contribution in [0.2, 0.25) is 5.02 Å². The third kappa shape index (κ3) is 2.39. The lowest BCUT2D eigenvalue weighted by atomic mass is 9.98. The van der Waals surface area contributed by atoms with Gasteiger partial charge in [0.1, 0.15) is 0 Å². The van der Waals surface area contributed by atoms with Gasteiger partial charge in [0.15, 0.2) is 0 Å². The van der Waals surface area contributed by atoms with E-state index in [1.165, 1.54) is 17.5 Å². The highest BCUT2D eigenvalue weighted by Gasteiger charge is 2.27. The molecule has 2 atom stereocenters. The van der Waals surface area contributed by atoms with Gasteiger partial charge in [-0.3, -0.25) is 0 Å². The molecule has 0 aliphatic carbocycles. The summed E-state index contributed by atoms with van der Waals surface area (Å²) in [6.45, 7) is 5.57. The summed E-state index contributed by atoms with van der Waals surface area (Å²) < 4.78 is 0. The van der Waals surface area contributed by atoms with E-state index in [4.69, 9.17) is 11.6 Å². The fourth-order valence-corrected chi connectivity index (χ4v) is 3.67. The number of fused-ring (bicyclic) bond motifs is 1. The van der Waals surface area contributed by atoms with Crippen molar-refractivity contribution >= 4 is 23.4 Å². The summed E-state index contributed by atoms with van der Waals surface area (Å²) in [5.74, 6) is 1.04. The van der Waals surface area contributed by atoms with Crippen LogP contribution in [0.25, 0.3) is 0 Å². The normalized spacial score (nSPS) is 24.2. The molecule has 88 valence electrons. The Morgan fingerprint density at radius 3 is 3.06 bits per heavy atom. The van der Waals surface area contributed by atoms with Crippen molar-refractivity contribution < 1.29 is 0 Å². The quantitative estimate of drug-likeness (QED) is 0.876. The van der Waals surface area contributed by atoms with Crippen LogP contribution in [0.3, 0.4) is 0 Å². The first-order valence-corrected chi connectivity index (χ1v) is 7.29. The molecule has 0 saturated heterocycles. The minimum Gasteiger partial charge on any atom is -0.309 e. The Kier molecular flexibility index (Phi) is 4.17. The predicted octanol–water partition coefficient (Wildman–Crippen LogP) is 4.02. The van der Waals surface area contributed by atoms with Gasteiger partial charge in [0.05, 0.1) is 0 Å². The number of rotatable bonds is 3. The Morgan fingerprint density at radius 2 is 2.31 bits per heavy atom. The number of halogens is 1. The fraction of sp³-hybridized carbons (Fsp3) is 0.538. The summed E-state index contributed by atoms with van der Waals surface area (Å²) in [5, 5.41) is 5.16. The van der Waals surface area contributed by atoms with Gasteiger partial charge in [-0.15, -0.1) is 0 Å². The molecule has 0 aromatic heterocycles. The largest absolute Gasteiger partial charge is 0.309 e. The molecule has 1 nitrogen and oxygen atoms in total. The number of hydrogen-bond donors (Lipinski definition) is 1. The molecular weight excluding hydrogens is 238 g/mol. The molecule has 0 bridgehead atoms. The van der Waals surface area contributed by atoms with Gasteiger partial charge >= 0.3 is 0 Å². The monoisotopic (exact) mass is 255 g/mol. The van der Waals surface area contributed by atoms with Crippen LogP contribution in [0, 0.1) is 0 Å². The highest BCUT2D eigenvalue weighted by atomic mass is 35.5. The lowest BCUT2D eigenvalue weighted by Crippen LogP contribution is -2.32. The molecule has 1 aromatic carbocycles. The van der Waals surface area contributed by atoms with Crippen LogP contribution in [0.4, 0.5) is 0 Å². The van der Waals surface area contributed by atoms with Crippen molar-refractivity contribution in [1.82, 2.24) is 5.32 Å². The number of benzene rings is 1. The average molecular weight is 256 g/mol. The highest BCUT2D eigenvalue weighted by Crippen LogP contribution is 2.40. The molecule has 16 heavy (non-hydrogen) atoms. The maximum atomic E-state index is 6.25. The van der Waals surface area contributed by atoms with Gasteiger partial charge in [-0.25, -0.2) is 0 Å². The summed E-state index contributed by atoms with van der Waals surface area (Å²) in [6.07, 6.45) is 1.17. The molecule has 1 aromatic rings. The Morgan fingerprint density at radius 1 is 1.50 bits per heavy atom. The zero-order valence-corrected chi connectivity index (χ0v) is 11.4. The standard InChI is InChI=1S/C13H18ClNS/c1-3-7-15-13-9(2)16-8-11-10(13)5-4-6-12(11)14/h4-6,9,13,15H,3,7-8H2,1-2H3. The van der Waals surface area contributed by atoms with Gasteiger partial charge in [-0.05, 0) is 30.2 Å². The van der Waals surface area contributed by atoms with E-state index in [0.29, 0.717) is 11.3 Å². The molecule has 1 N–H and O–H groups in total. The van der Waals surface area contributed by atoms with Gasteiger partial charge in [0.2, 0.25) is 0 Å². The van der Waals surface area contributed by atoms with Crippen LogP contribution in [0.5, 0.6) is 0 Å². The van der Waals surface area contributed by atoms with Crippen LogP contribution in [-0.4, -0.2) is 11.8 Å². The van der Waals surface area contributed by atoms with E-state index >= 15 is 0 Å². The van der Waals surface area contributed by atoms with E-state index in [1.54, 1.807) is 0 Å². The van der Waals surface area contributed by atoms with Crippen molar-refractivity contribution in [2.75, 3.05) is 6.54 Å². The van der Waals surface area contributed by atoms with Crippen molar-refractivity contribution in [2.24, 2.45) is 0 Å². The minimum atomic E-state index is 0.451. The third-order valence-electron chi connectivity index (χ3n) is 3.06. The van der Waals surface area contributed by atoms with Crippen molar-refractivity contribution in [3.8, 4) is 0 Å². The van der Waals surface area contributed by atoms with Gasteiger partial charge in [0, 0.05) is 22.1 Å². The maximum absolute atomic E-state index is 6.25. The van der Waals surface area contributed by atoms with Crippen molar-refractivity contribution in [1.29, 1.82) is 0 Å². The SMILES string of the molecule is CCCNC1c2cccc(Cl)c2CSC1C. The molecule has 1 aliphatic heterocycles. The Hall–Kier alpha value is -0.180. The van der Waals surface area contributed by atoms with Crippen LogP contribution < -0.4 is 5.32 Å². The number of hydrogen-bond acceptors (Lipinski definition) is 2. The van der Waals surface area contributed by atoms with Crippen LogP contribution in [-0.2, 0) is 5.75 Å². The summed E-state index contributed by atoms with van der Waals surface area (Å²) in [7, 11) is 0. The summed E-state index contributed by atoms with van der Waals surface area (Å²) in [5.41, 5.74) is 2.72. The van der Waals surface area contributed by atoms with Crippen molar-refractivity contribution in [3.63, 3.8) is 0 Å². The molecule has 0 amide bonds.